The highest BCUT2D eigenvalue weighted by atomic mass is 19.4. The molecule has 0 fully saturated rings. The van der Waals surface area contributed by atoms with E-state index in [1.54, 1.807) is 0 Å². The van der Waals surface area contributed by atoms with E-state index in [9.17, 15) is 26.3 Å². The average molecular weight is 424 g/mol. The third-order valence-electron chi connectivity index (χ3n) is 4.11. The monoisotopic (exact) mass is 424 g/mol. The van der Waals surface area contributed by atoms with Crippen molar-refractivity contribution in [3.8, 4) is 11.5 Å². The molecule has 0 aliphatic carbocycles. The molecule has 0 aromatic heterocycles. The molecule has 0 saturated carbocycles. The van der Waals surface area contributed by atoms with Crippen LogP contribution in [0, 0.1) is 0 Å². The maximum Gasteiger partial charge on any atom is 0.411 e. The summed E-state index contributed by atoms with van der Waals surface area (Å²) in [6.45, 7) is -0.405. The van der Waals surface area contributed by atoms with Crippen LogP contribution in [-0.4, -0.2) is 40.2 Å². The number of rotatable bonds is 8. The van der Waals surface area contributed by atoms with Crippen LogP contribution in [0.25, 0.3) is 0 Å². The first kappa shape index (κ1) is 22.8. The van der Waals surface area contributed by atoms with Gasteiger partial charge in [-0.1, -0.05) is 24.3 Å². The van der Waals surface area contributed by atoms with Crippen molar-refractivity contribution in [2.45, 2.75) is 17.8 Å². The summed E-state index contributed by atoms with van der Waals surface area (Å²) in [5.41, 5.74) is -6.22. The van der Waals surface area contributed by atoms with E-state index in [0.717, 1.165) is 48.5 Å². The Morgan fingerprint density at radius 2 is 0.897 bits per heavy atom. The normalized spacial score (nSPS) is 12.7. The fraction of sp³-hybridized carbons (Fsp3) is 0.368. The number of hydrogen-bond acceptors (Lipinski definition) is 4. The Morgan fingerprint density at radius 1 is 0.586 bits per heavy atom. The fourth-order valence-corrected chi connectivity index (χ4v) is 2.84. The summed E-state index contributed by atoms with van der Waals surface area (Å²) in [5, 5.41) is 0. The van der Waals surface area contributed by atoms with Gasteiger partial charge in [-0.15, -0.1) is 0 Å². The molecular weight excluding hydrogens is 406 g/mol. The predicted molar refractivity (Wildman–Crippen MR) is 90.8 cm³/mol. The topological polar surface area (TPSA) is 36.9 Å². The molecule has 4 nitrogen and oxygen atoms in total. The summed E-state index contributed by atoms with van der Waals surface area (Å²) >= 11 is 0. The highest BCUT2D eigenvalue weighted by Crippen LogP contribution is 2.56. The highest BCUT2D eigenvalue weighted by Gasteiger charge is 2.72. The summed E-state index contributed by atoms with van der Waals surface area (Å²) in [4.78, 5) is 0. The molecule has 160 valence electrons. The van der Waals surface area contributed by atoms with Crippen LogP contribution in [-0.2, 0) is 14.9 Å². The van der Waals surface area contributed by atoms with Gasteiger partial charge in [0.25, 0.3) is 0 Å². The first-order valence-electron chi connectivity index (χ1n) is 8.16. The van der Waals surface area contributed by atoms with Crippen molar-refractivity contribution < 1.29 is 45.3 Å². The van der Waals surface area contributed by atoms with Gasteiger partial charge < -0.3 is 18.9 Å². The molecule has 0 atom stereocenters. The highest BCUT2D eigenvalue weighted by molar-refractivity contribution is 5.47. The molecule has 0 saturated heterocycles. The van der Waals surface area contributed by atoms with Crippen LogP contribution in [0.2, 0.25) is 0 Å². The average Bonchev–Trinajstić information content (AvgIpc) is 2.65. The molecule has 10 heteroatoms. The summed E-state index contributed by atoms with van der Waals surface area (Å²) in [6, 6.07) is 7.05. The lowest BCUT2D eigenvalue weighted by Crippen LogP contribution is -2.54. The lowest BCUT2D eigenvalue weighted by atomic mass is 9.73. The van der Waals surface area contributed by atoms with Gasteiger partial charge in [0, 0.05) is 14.2 Å². The van der Waals surface area contributed by atoms with E-state index < -0.39 is 28.9 Å². The lowest BCUT2D eigenvalue weighted by Gasteiger charge is -2.38. The first-order chi connectivity index (χ1) is 13.6. The van der Waals surface area contributed by atoms with Gasteiger partial charge in [0.1, 0.15) is 11.5 Å². The fourth-order valence-electron chi connectivity index (χ4n) is 2.84. The molecular formula is C19H18F6O4. The molecule has 0 aliphatic heterocycles. The van der Waals surface area contributed by atoms with Crippen molar-refractivity contribution in [3.63, 3.8) is 0 Å². The molecule has 0 bridgehead atoms. The third kappa shape index (κ3) is 4.59. The maximum absolute atomic E-state index is 14.0. The second-order valence-corrected chi connectivity index (χ2v) is 5.90. The Hall–Kier alpha value is -2.46. The van der Waals surface area contributed by atoms with E-state index in [1.165, 1.54) is 14.2 Å². The number of hydrogen-bond donors (Lipinski definition) is 0. The van der Waals surface area contributed by atoms with Crippen LogP contribution in [0.3, 0.4) is 0 Å². The molecule has 0 amide bonds. The van der Waals surface area contributed by atoms with Crippen LogP contribution >= 0.6 is 0 Å². The zero-order chi connectivity index (χ0) is 21.7. The zero-order valence-corrected chi connectivity index (χ0v) is 15.4. The number of ether oxygens (including phenoxy) is 4. The van der Waals surface area contributed by atoms with E-state index in [2.05, 4.69) is 9.47 Å². The van der Waals surface area contributed by atoms with E-state index in [0.29, 0.717) is 0 Å². The number of halogens is 6. The van der Waals surface area contributed by atoms with Gasteiger partial charge in [0.05, 0.1) is 0 Å². The van der Waals surface area contributed by atoms with Gasteiger partial charge in [0.2, 0.25) is 5.41 Å². The summed E-state index contributed by atoms with van der Waals surface area (Å²) in [5.74, 6) is 0.134. The molecule has 0 spiro atoms. The largest absolute Gasteiger partial charge is 0.468 e. The van der Waals surface area contributed by atoms with Gasteiger partial charge in [0.15, 0.2) is 13.6 Å². The van der Waals surface area contributed by atoms with Gasteiger partial charge >= 0.3 is 12.4 Å². The van der Waals surface area contributed by atoms with E-state index in [-0.39, 0.29) is 25.1 Å². The molecule has 0 heterocycles. The van der Waals surface area contributed by atoms with Crippen molar-refractivity contribution in [2.24, 2.45) is 0 Å². The van der Waals surface area contributed by atoms with E-state index in [4.69, 9.17) is 9.47 Å². The van der Waals surface area contributed by atoms with Gasteiger partial charge in [-0.25, -0.2) is 0 Å². The molecule has 2 aromatic rings. The van der Waals surface area contributed by atoms with Gasteiger partial charge in [-0.05, 0) is 35.4 Å². The van der Waals surface area contributed by atoms with Crippen molar-refractivity contribution in [1.82, 2.24) is 0 Å². The minimum Gasteiger partial charge on any atom is -0.468 e. The molecule has 0 unspecified atom stereocenters. The number of benzene rings is 2. The molecule has 2 rings (SSSR count). The Bertz CT molecular complexity index is 702. The van der Waals surface area contributed by atoms with Crippen LogP contribution in [0.4, 0.5) is 26.3 Å². The Labute approximate surface area is 162 Å². The van der Waals surface area contributed by atoms with Gasteiger partial charge in [-0.2, -0.15) is 26.3 Å². The first-order valence-corrected chi connectivity index (χ1v) is 8.16. The lowest BCUT2D eigenvalue weighted by molar-refractivity contribution is -0.288. The summed E-state index contributed by atoms with van der Waals surface area (Å²) in [6.07, 6.45) is -11.3. The van der Waals surface area contributed by atoms with Crippen molar-refractivity contribution in [3.05, 3.63) is 59.7 Å². The van der Waals surface area contributed by atoms with E-state index in [1.807, 2.05) is 0 Å². The molecule has 0 aliphatic rings. The van der Waals surface area contributed by atoms with Crippen LogP contribution in [0.1, 0.15) is 11.1 Å². The Kier molecular flexibility index (Phi) is 7.02. The Balaban J connectivity index is 2.60. The van der Waals surface area contributed by atoms with E-state index >= 15 is 0 Å². The molecule has 2 aromatic carbocycles. The summed E-state index contributed by atoms with van der Waals surface area (Å²) < 4.78 is 104. The minimum absolute atomic E-state index is 0.0668. The zero-order valence-electron chi connectivity index (χ0n) is 15.4. The van der Waals surface area contributed by atoms with Crippen molar-refractivity contribution in [1.29, 1.82) is 0 Å². The van der Waals surface area contributed by atoms with Gasteiger partial charge in [-0.3, -0.25) is 0 Å². The second-order valence-electron chi connectivity index (χ2n) is 5.90. The number of alkyl halides is 6. The second kappa shape index (κ2) is 8.91. The Morgan fingerprint density at radius 3 is 1.14 bits per heavy atom. The van der Waals surface area contributed by atoms with Crippen molar-refractivity contribution in [2.75, 3.05) is 27.8 Å². The quantitative estimate of drug-likeness (QED) is 0.439. The predicted octanol–water partition coefficient (Wildman–Crippen LogP) is 5.06. The smallest absolute Gasteiger partial charge is 0.411 e. The SMILES string of the molecule is COCOc1ccc(C(c2ccc(OCOC)cc2)(C(F)(F)F)C(F)(F)F)cc1. The third-order valence-corrected chi connectivity index (χ3v) is 4.11. The molecule has 0 radical (unpaired) electrons. The van der Waals surface area contributed by atoms with Crippen molar-refractivity contribution >= 4 is 0 Å². The summed E-state index contributed by atoms with van der Waals surface area (Å²) in [7, 11) is 2.65. The minimum atomic E-state index is -5.67. The number of methoxy groups -OCH3 is 2. The van der Waals surface area contributed by atoms with Crippen LogP contribution < -0.4 is 9.47 Å². The molecule has 29 heavy (non-hydrogen) atoms. The maximum atomic E-state index is 14.0. The molecule has 0 N–H and O–H groups in total. The van der Waals surface area contributed by atoms with Crippen LogP contribution in [0.15, 0.2) is 48.5 Å². The standard InChI is InChI=1S/C19H18F6O4/c1-26-11-28-15-7-3-13(4-8-15)17(18(20,21)22,19(23,24)25)14-5-9-16(10-6-14)29-12-27-2/h3-10H,11-12H2,1-2H3. The van der Waals surface area contributed by atoms with Crippen LogP contribution in [0.5, 0.6) is 11.5 Å².